The molecule has 0 spiro atoms. The number of hydrogen-bond acceptors (Lipinski definition) is 6. The smallest absolute Gasteiger partial charge is 0.265 e. The average Bonchev–Trinajstić information content (AvgIpc) is 3.27. The highest BCUT2D eigenvalue weighted by atomic mass is 32.1. The first-order chi connectivity index (χ1) is 13.2. The second kappa shape index (κ2) is 8.29. The predicted molar refractivity (Wildman–Crippen MR) is 113 cm³/mol. The van der Waals surface area contributed by atoms with Gasteiger partial charge >= 0.3 is 0 Å². The lowest BCUT2D eigenvalue weighted by atomic mass is 9.87. The van der Waals surface area contributed by atoms with E-state index in [9.17, 15) is 9.59 Å². The highest BCUT2D eigenvalue weighted by Gasteiger charge is 2.34. The lowest BCUT2D eigenvalue weighted by molar-refractivity contribution is -0.129. The zero-order chi connectivity index (χ0) is 20.5. The molecule has 2 amide bonds. The molecule has 2 aromatic rings. The van der Waals surface area contributed by atoms with E-state index in [0.29, 0.717) is 13.1 Å². The number of amides is 2. The third kappa shape index (κ3) is 4.60. The molecule has 3 rings (SSSR count). The molecule has 1 N–H and O–H groups in total. The summed E-state index contributed by atoms with van der Waals surface area (Å²) in [6, 6.07) is -0.101. The summed E-state index contributed by atoms with van der Waals surface area (Å²) in [5.74, 6) is 0.374. The molecule has 28 heavy (non-hydrogen) atoms. The first-order valence-electron chi connectivity index (χ1n) is 9.60. The lowest BCUT2D eigenvalue weighted by Gasteiger charge is -2.36. The number of aryl methyl sites for hydroxylation is 2. The number of carbonyl (C=O) groups is 2. The van der Waals surface area contributed by atoms with Crippen molar-refractivity contribution in [3.8, 4) is 0 Å². The van der Waals surface area contributed by atoms with E-state index in [-0.39, 0.29) is 23.8 Å². The molecule has 1 aliphatic heterocycles. The van der Waals surface area contributed by atoms with Gasteiger partial charge in [-0.2, -0.15) is 0 Å². The molecule has 1 fully saturated rings. The van der Waals surface area contributed by atoms with E-state index in [4.69, 9.17) is 0 Å². The number of hydrogen-bond donors (Lipinski definition) is 1. The van der Waals surface area contributed by atoms with Gasteiger partial charge in [0, 0.05) is 30.1 Å². The van der Waals surface area contributed by atoms with Crippen molar-refractivity contribution >= 4 is 34.5 Å². The second-order valence-corrected chi connectivity index (χ2v) is 10.5. The van der Waals surface area contributed by atoms with E-state index in [1.54, 1.807) is 17.5 Å². The van der Waals surface area contributed by atoms with Crippen molar-refractivity contribution in [2.75, 3.05) is 13.1 Å². The van der Waals surface area contributed by atoms with Gasteiger partial charge < -0.3 is 10.2 Å². The normalized spacial score (nSPS) is 16.8. The molecule has 152 valence electrons. The maximum Gasteiger partial charge on any atom is 0.265 e. The Kier molecular flexibility index (Phi) is 6.19. The molecule has 1 aliphatic rings. The van der Waals surface area contributed by atoms with Gasteiger partial charge in [0.2, 0.25) is 5.91 Å². The van der Waals surface area contributed by atoms with Crippen LogP contribution in [-0.2, 0) is 4.79 Å². The molecule has 0 unspecified atom stereocenters. The number of aromatic nitrogens is 2. The van der Waals surface area contributed by atoms with Crippen LogP contribution in [0, 0.1) is 25.2 Å². The number of carbonyl (C=O) groups excluding carboxylic acids is 2. The maximum atomic E-state index is 12.9. The third-order valence-corrected chi connectivity index (χ3v) is 7.00. The molecule has 6 nitrogen and oxygen atoms in total. The molecular weight excluding hydrogens is 392 g/mol. The zero-order valence-corrected chi connectivity index (χ0v) is 18.7. The predicted octanol–water partition coefficient (Wildman–Crippen LogP) is 3.97. The Morgan fingerprint density at radius 2 is 1.93 bits per heavy atom. The van der Waals surface area contributed by atoms with E-state index in [1.165, 1.54) is 11.3 Å². The van der Waals surface area contributed by atoms with Gasteiger partial charge in [-0.05, 0) is 32.6 Å². The fourth-order valence-electron chi connectivity index (χ4n) is 3.44. The summed E-state index contributed by atoms with van der Waals surface area (Å²) in [5, 5.41) is 7.02. The van der Waals surface area contributed by atoms with Crippen LogP contribution in [0.4, 0.5) is 0 Å². The number of piperidine rings is 1. The van der Waals surface area contributed by atoms with Crippen molar-refractivity contribution in [3.63, 3.8) is 0 Å². The van der Waals surface area contributed by atoms with Gasteiger partial charge in [-0.1, -0.05) is 20.8 Å². The highest BCUT2D eigenvalue weighted by molar-refractivity contribution is 7.13. The van der Waals surface area contributed by atoms with Gasteiger partial charge in [-0.15, -0.1) is 22.7 Å². The minimum Gasteiger partial charge on any atom is -0.346 e. The number of nitrogens with zero attached hydrogens (tertiary/aromatic N) is 3. The van der Waals surface area contributed by atoms with Crippen LogP contribution in [0.25, 0.3) is 0 Å². The number of thiazole rings is 2. The first kappa shape index (κ1) is 20.9. The molecule has 0 bridgehead atoms. The van der Waals surface area contributed by atoms with E-state index in [0.717, 1.165) is 33.4 Å². The van der Waals surface area contributed by atoms with Crippen molar-refractivity contribution < 1.29 is 9.59 Å². The van der Waals surface area contributed by atoms with Gasteiger partial charge in [0.25, 0.3) is 5.91 Å². The summed E-state index contributed by atoms with van der Waals surface area (Å²) in [4.78, 5) is 37.0. The van der Waals surface area contributed by atoms with Gasteiger partial charge in [-0.25, -0.2) is 9.97 Å². The van der Waals surface area contributed by atoms with Gasteiger partial charge in [0.05, 0.1) is 16.7 Å². The number of rotatable bonds is 4. The fraction of sp³-hybridized carbons (Fsp3) is 0.600. The van der Waals surface area contributed by atoms with Gasteiger partial charge in [0.1, 0.15) is 9.88 Å². The summed E-state index contributed by atoms with van der Waals surface area (Å²) < 4.78 is 0. The zero-order valence-electron chi connectivity index (χ0n) is 17.1. The monoisotopic (exact) mass is 420 g/mol. The number of nitrogens with one attached hydrogen (secondary N) is 1. The standard InChI is InChI=1S/C20H28N4O2S2/c1-12-16(28-13(2)22-12)18(25)24-9-6-14(7-10-24)15(17-21-8-11-27-17)23-19(26)20(3,4)5/h8,11,14-15H,6-7,9-10H2,1-5H3,(H,23,26)/t15-/m1/s1. The second-order valence-electron chi connectivity index (χ2n) is 8.35. The fourth-order valence-corrected chi connectivity index (χ4v) is 5.10. The molecule has 2 aromatic heterocycles. The van der Waals surface area contributed by atoms with Crippen molar-refractivity contribution in [1.82, 2.24) is 20.2 Å². The Morgan fingerprint density at radius 3 is 2.43 bits per heavy atom. The Morgan fingerprint density at radius 1 is 1.25 bits per heavy atom. The SMILES string of the molecule is Cc1nc(C)c(C(=O)N2CCC([C@@H](NC(=O)C(C)(C)C)c3nccs3)CC2)s1. The van der Waals surface area contributed by atoms with Crippen molar-refractivity contribution in [2.24, 2.45) is 11.3 Å². The van der Waals surface area contributed by atoms with Crippen LogP contribution in [0.3, 0.4) is 0 Å². The summed E-state index contributed by atoms with van der Waals surface area (Å²) in [6.45, 7) is 11.0. The maximum absolute atomic E-state index is 12.9. The van der Waals surface area contributed by atoms with Crippen molar-refractivity contribution in [1.29, 1.82) is 0 Å². The Labute approximate surface area is 174 Å². The Hall–Kier alpha value is -1.80. The minimum atomic E-state index is -0.451. The molecule has 8 heteroatoms. The van der Waals surface area contributed by atoms with Crippen LogP contribution in [0.1, 0.15) is 65.0 Å². The molecule has 0 aromatic carbocycles. The summed E-state index contributed by atoms with van der Waals surface area (Å²) >= 11 is 3.04. The Bertz CT molecular complexity index is 831. The van der Waals surface area contributed by atoms with Crippen molar-refractivity contribution in [3.05, 3.63) is 32.2 Å². The van der Waals surface area contributed by atoms with Crippen LogP contribution in [-0.4, -0.2) is 39.8 Å². The molecule has 0 aliphatic carbocycles. The molecule has 1 saturated heterocycles. The van der Waals surface area contributed by atoms with Crippen molar-refractivity contribution in [2.45, 2.75) is 53.5 Å². The van der Waals surface area contributed by atoms with Crippen LogP contribution in [0.15, 0.2) is 11.6 Å². The third-order valence-electron chi connectivity index (χ3n) is 5.08. The van der Waals surface area contributed by atoms with Crippen LogP contribution >= 0.6 is 22.7 Å². The quantitative estimate of drug-likeness (QED) is 0.812. The van der Waals surface area contributed by atoms with Crippen LogP contribution in [0.5, 0.6) is 0 Å². The van der Waals surface area contributed by atoms with E-state index < -0.39 is 5.41 Å². The lowest BCUT2D eigenvalue weighted by Crippen LogP contribution is -2.45. The van der Waals surface area contributed by atoms with E-state index in [1.807, 2.05) is 44.9 Å². The molecule has 1 atom stereocenters. The summed E-state index contributed by atoms with van der Waals surface area (Å²) in [7, 11) is 0. The van der Waals surface area contributed by atoms with E-state index in [2.05, 4.69) is 15.3 Å². The molecule has 3 heterocycles. The van der Waals surface area contributed by atoms with Gasteiger partial charge in [-0.3, -0.25) is 9.59 Å². The topological polar surface area (TPSA) is 75.2 Å². The highest BCUT2D eigenvalue weighted by Crippen LogP contribution is 2.34. The summed E-state index contributed by atoms with van der Waals surface area (Å²) in [5.41, 5.74) is 0.362. The van der Waals surface area contributed by atoms with Crippen LogP contribution < -0.4 is 5.32 Å². The number of likely N-dealkylation sites (tertiary alicyclic amines) is 1. The van der Waals surface area contributed by atoms with Gasteiger partial charge in [0.15, 0.2) is 0 Å². The first-order valence-corrected chi connectivity index (χ1v) is 11.3. The Balaban J connectivity index is 1.69. The summed E-state index contributed by atoms with van der Waals surface area (Å²) in [6.07, 6.45) is 3.47. The molecular formula is C20H28N4O2S2. The van der Waals surface area contributed by atoms with Crippen LogP contribution in [0.2, 0.25) is 0 Å². The van der Waals surface area contributed by atoms with E-state index >= 15 is 0 Å². The largest absolute Gasteiger partial charge is 0.346 e. The average molecular weight is 421 g/mol. The molecule has 0 radical (unpaired) electrons. The minimum absolute atomic E-state index is 0.0296. The molecule has 0 saturated carbocycles.